The lowest BCUT2D eigenvalue weighted by molar-refractivity contribution is 0.300. The summed E-state index contributed by atoms with van der Waals surface area (Å²) >= 11 is 6.48. The molecule has 3 aromatic rings. The number of nitrogens with zero attached hydrogens (tertiary/aromatic N) is 2. The summed E-state index contributed by atoms with van der Waals surface area (Å²) in [6.07, 6.45) is 2.40. The zero-order valence-corrected chi connectivity index (χ0v) is 17.0. The van der Waals surface area contributed by atoms with Crippen LogP contribution in [0.25, 0.3) is 10.9 Å². The van der Waals surface area contributed by atoms with E-state index in [2.05, 4.69) is 21.4 Å². The average Bonchev–Trinajstić information content (AvgIpc) is 3.52. The van der Waals surface area contributed by atoms with Gasteiger partial charge in [0.15, 0.2) is 0 Å². The Morgan fingerprint density at radius 1 is 1.38 bits per heavy atom. The van der Waals surface area contributed by atoms with Gasteiger partial charge in [-0.25, -0.2) is 4.98 Å². The summed E-state index contributed by atoms with van der Waals surface area (Å²) in [6.45, 7) is 4.33. The van der Waals surface area contributed by atoms with Gasteiger partial charge in [-0.15, -0.1) is 0 Å². The largest absolute Gasteiger partial charge is 0.492 e. The predicted molar refractivity (Wildman–Crippen MR) is 114 cm³/mol. The Hall–Kier alpha value is -3.04. The monoisotopic (exact) mass is 408 g/mol. The number of aryl methyl sites for hydroxylation is 1. The molecule has 2 aromatic heterocycles. The van der Waals surface area contributed by atoms with E-state index in [-0.39, 0.29) is 11.6 Å². The molecule has 1 aliphatic rings. The number of anilines is 1. The van der Waals surface area contributed by atoms with Crippen molar-refractivity contribution in [3.05, 3.63) is 62.5 Å². The van der Waals surface area contributed by atoms with Gasteiger partial charge in [-0.1, -0.05) is 11.6 Å². The van der Waals surface area contributed by atoms with E-state index >= 15 is 0 Å². The molecule has 4 rings (SSSR count). The van der Waals surface area contributed by atoms with E-state index in [1.165, 1.54) is 12.8 Å². The fraction of sp³-hybridized carbons (Fsp3) is 0.318. The number of ether oxygens (including phenoxy) is 1. The topological polar surface area (TPSA) is 90.8 Å². The molecule has 0 spiro atoms. The van der Waals surface area contributed by atoms with Crippen LogP contribution in [0.1, 0.15) is 42.6 Å². The number of benzene rings is 1. The highest BCUT2D eigenvalue weighted by molar-refractivity contribution is 6.36. The fourth-order valence-electron chi connectivity index (χ4n) is 3.22. The van der Waals surface area contributed by atoms with Crippen LogP contribution in [-0.2, 0) is 0 Å². The van der Waals surface area contributed by atoms with Crippen LogP contribution in [0.4, 0.5) is 5.82 Å². The molecule has 0 bridgehead atoms. The predicted octanol–water partition coefficient (Wildman–Crippen LogP) is 4.72. The number of H-pyrrole nitrogens is 1. The van der Waals surface area contributed by atoms with Gasteiger partial charge < -0.3 is 15.0 Å². The quantitative estimate of drug-likeness (QED) is 0.615. The van der Waals surface area contributed by atoms with Gasteiger partial charge in [-0.3, -0.25) is 4.79 Å². The molecule has 0 amide bonds. The van der Waals surface area contributed by atoms with Crippen LogP contribution < -0.4 is 15.6 Å². The van der Waals surface area contributed by atoms with Crippen molar-refractivity contribution < 1.29 is 4.74 Å². The van der Waals surface area contributed by atoms with Crippen molar-refractivity contribution in [3.8, 4) is 11.8 Å². The fourth-order valence-corrected chi connectivity index (χ4v) is 3.50. The summed E-state index contributed by atoms with van der Waals surface area (Å²) in [6, 6.07) is 10.8. The lowest BCUT2D eigenvalue weighted by Gasteiger charge is -2.16. The van der Waals surface area contributed by atoms with Gasteiger partial charge >= 0.3 is 0 Å². The van der Waals surface area contributed by atoms with Gasteiger partial charge in [0.1, 0.15) is 22.7 Å². The molecule has 1 fully saturated rings. The first-order chi connectivity index (χ1) is 14.0. The van der Waals surface area contributed by atoms with Gasteiger partial charge in [0.2, 0.25) is 0 Å². The number of hydrogen-bond donors (Lipinski definition) is 2. The van der Waals surface area contributed by atoms with E-state index in [4.69, 9.17) is 21.6 Å². The number of rotatable bonds is 6. The van der Waals surface area contributed by atoms with Crippen LogP contribution in [0.15, 0.2) is 35.1 Å². The first kappa shape index (κ1) is 19.3. The lowest BCUT2D eigenvalue weighted by Crippen LogP contribution is -2.20. The number of aromatic nitrogens is 2. The van der Waals surface area contributed by atoms with Crippen LogP contribution >= 0.6 is 11.6 Å². The number of nitrogens with one attached hydrogen (secondary N) is 2. The minimum absolute atomic E-state index is 0.218. The third kappa shape index (κ3) is 4.06. The molecular weight excluding hydrogens is 388 g/mol. The second-order valence-corrected chi connectivity index (χ2v) is 7.84. The number of fused-ring (bicyclic) bond motifs is 1. The summed E-state index contributed by atoms with van der Waals surface area (Å²) in [5.41, 5.74) is 2.10. The van der Waals surface area contributed by atoms with E-state index in [9.17, 15) is 4.79 Å². The molecule has 29 heavy (non-hydrogen) atoms. The molecule has 0 radical (unpaired) electrons. The van der Waals surface area contributed by atoms with Crippen molar-refractivity contribution in [2.24, 2.45) is 5.92 Å². The molecule has 7 heteroatoms. The van der Waals surface area contributed by atoms with Gasteiger partial charge in [0, 0.05) is 10.9 Å². The van der Waals surface area contributed by atoms with Crippen LogP contribution in [-0.4, -0.2) is 16.6 Å². The number of hydrogen-bond acceptors (Lipinski definition) is 5. The molecule has 0 unspecified atom stereocenters. The Kier molecular flexibility index (Phi) is 5.16. The lowest BCUT2D eigenvalue weighted by atomic mass is 10.1. The molecule has 0 aliphatic heterocycles. The van der Waals surface area contributed by atoms with Crippen molar-refractivity contribution in [2.75, 3.05) is 11.9 Å². The molecule has 148 valence electrons. The minimum atomic E-state index is -0.285. The maximum atomic E-state index is 12.7. The van der Waals surface area contributed by atoms with Gasteiger partial charge in [0.25, 0.3) is 5.56 Å². The molecule has 1 aliphatic carbocycles. The normalized spacial score (nSPS) is 14.4. The summed E-state index contributed by atoms with van der Waals surface area (Å²) in [7, 11) is 0. The van der Waals surface area contributed by atoms with Crippen molar-refractivity contribution in [1.82, 2.24) is 9.97 Å². The zero-order valence-electron chi connectivity index (χ0n) is 16.3. The second kappa shape index (κ2) is 7.76. The van der Waals surface area contributed by atoms with Crippen LogP contribution in [0.2, 0.25) is 5.02 Å². The number of halogens is 1. The molecule has 1 saturated carbocycles. The molecule has 2 N–H and O–H groups in total. The molecule has 1 atom stereocenters. The van der Waals surface area contributed by atoms with Crippen molar-refractivity contribution in [1.29, 1.82) is 5.26 Å². The Morgan fingerprint density at radius 3 is 2.86 bits per heavy atom. The van der Waals surface area contributed by atoms with E-state index in [1.54, 1.807) is 19.1 Å². The smallest absolute Gasteiger partial charge is 0.253 e. The Balaban J connectivity index is 1.60. The van der Waals surface area contributed by atoms with Gasteiger partial charge in [-0.05, 0) is 62.9 Å². The van der Waals surface area contributed by atoms with Crippen molar-refractivity contribution in [2.45, 2.75) is 32.7 Å². The maximum absolute atomic E-state index is 12.7. The third-order valence-electron chi connectivity index (χ3n) is 5.16. The molecule has 0 saturated heterocycles. The molecule has 6 nitrogen and oxygen atoms in total. The molecule has 1 aromatic carbocycles. The van der Waals surface area contributed by atoms with E-state index in [0.717, 1.165) is 5.39 Å². The van der Waals surface area contributed by atoms with Crippen molar-refractivity contribution >= 4 is 28.3 Å². The first-order valence-electron chi connectivity index (χ1n) is 9.58. The minimum Gasteiger partial charge on any atom is -0.492 e. The Bertz CT molecular complexity index is 1180. The van der Waals surface area contributed by atoms with E-state index in [0.29, 0.717) is 51.5 Å². The van der Waals surface area contributed by atoms with Crippen molar-refractivity contribution in [3.63, 3.8) is 0 Å². The SMILES string of the molecule is Cc1nc(N[C@@H](C)c2cc3ccc(OCC4CC4)c(Cl)c3[nH]c2=O)ccc1C#N. The Labute approximate surface area is 173 Å². The summed E-state index contributed by atoms with van der Waals surface area (Å²) in [5, 5.41) is 13.5. The van der Waals surface area contributed by atoms with Crippen LogP contribution in [0.3, 0.4) is 0 Å². The summed E-state index contributed by atoms with van der Waals surface area (Å²) < 4.78 is 5.80. The van der Waals surface area contributed by atoms with Gasteiger partial charge in [-0.2, -0.15) is 5.26 Å². The summed E-state index contributed by atoms with van der Waals surface area (Å²) in [4.78, 5) is 20.0. The van der Waals surface area contributed by atoms with Crippen LogP contribution in [0, 0.1) is 24.2 Å². The highest BCUT2D eigenvalue weighted by atomic mass is 35.5. The van der Waals surface area contributed by atoms with Crippen LogP contribution in [0.5, 0.6) is 5.75 Å². The van der Waals surface area contributed by atoms with Gasteiger partial charge in [0.05, 0.1) is 29.4 Å². The van der Waals surface area contributed by atoms with E-state index in [1.807, 2.05) is 25.1 Å². The average molecular weight is 409 g/mol. The highest BCUT2D eigenvalue weighted by Gasteiger charge is 2.23. The molecule has 2 heterocycles. The Morgan fingerprint density at radius 2 is 2.17 bits per heavy atom. The standard InChI is InChI=1S/C22H21ClN4O2/c1-12-16(10-24)6-8-19(25-12)26-13(2)17-9-15-5-7-18(29-11-14-3-4-14)20(23)21(15)27-22(17)28/h5-9,13-14H,3-4,11H2,1-2H3,(H,25,26)(H,27,28)/t13-/m0/s1. The second-order valence-electron chi connectivity index (χ2n) is 7.46. The van der Waals surface area contributed by atoms with E-state index < -0.39 is 0 Å². The number of aromatic amines is 1. The highest BCUT2D eigenvalue weighted by Crippen LogP contribution is 2.35. The molecular formula is C22H21ClN4O2. The first-order valence-corrected chi connectivity index (χ1v) is 9.96. The maximum Gasteiger partial charge on any atom is 0.253 e. The zero-order chi connectivity index (χ0) is 20.5. The summed E-state index contributed by atoms with van der Waals surface area (Å²) in [5.74, 6) is 1.82. The third-order valence-corrected chi connectivity index (χ3v) is 5.53. The number of pyridine rings is 2. The number of nitriles is 1.